The number of aromatic nitrogens is 2. The second-order valence-corrected chi connectivity index (χ2v) is 5.59. The number of fused-ring (bicyclic) bond motifs is 1. The Kier molecular flexibility index (Phi) is 3.76. The molecule has 3 rings (SSSR count). The van der Waals surface area contributed by atoms with E-state index in [2.05, 4.69) is 20.9 Å². The topological polar surface area (TPSA) is 17.8 Å². The van der Waals surface area contributed by atoms with E-state index in [-0.39, 0.29) is 5.82 Å². The van der Waals surface area contributed by atoms with Crippen molar-refractivity contribution in [3.8, 4) is 0 Å². The van der Waals surface area contributed by atoms with Crippen molar-refractivity contribution in [3.63, 3.8) is 0 Å². The second-order valence-electron chi connectivity index (χ2n) is 4.47. The lowest BCUT2D eigenvalue weighted by atomic mass is 10.2. The Balaban J connectivity index is 2.14. The quantitative estimate of drug-likeness (QED) is 0.623. The Morgan fingerprint density at radius 1 is 1.20 bits per heavy atom. The molecule has 0 saturated heterocycles. The number of rotatable bonds is 3. The van der Waals surface area contributed by atoms with Gasteiger partial charge in [-0.25, -0.2) is 9.37 Å². The van der Waals surface area contributed by atoms with E-state index in [1.165, 1.54) is 12.1 Å². The van der Waals surface area contributed by atoms with Crippen molar-refractivity contribution >= 4 is 38.6 Å². The summed E-state index contributed by atoms with van der Waals surface area (Å²) in [7, 11) is 0. The van der Waals surface area contributed by atoms with Gasteiger partial charge in [-0.05, 0) is 29.8 Å². The molecule has 0 aliphatic rings. The molecule has 3 aromatic rings. The summed E-state index contributed by atoms with van der Waals surface area (Å²) in [5.74, 6) is 0.760. The molecule has 0 aliphatic carbocycles. The van der Waals surface area contributed by atoms with Crippen molar-refractivity contribution in [2.24, 2.45) is 0 Å². The van der Waals surface area contributed by atoms with Crippen LogP contribution in [0.1, 0.15) is 11.4 Å². The third-order valence-corrected chi connectivity index (χ3v) is 4.21. The Morgan fingerprint density at radius 3 is 2.75 bits per heavy atom. The molecule has 20 heavy (non-hydrogen) atoms. The summed E-state index contributed by atoms with van der Waals surface area (Å²) in [5.41, 5.74) is 2.62. The molecule has 1 aromatic heterocycles. The molecule has 1 heterocycles. The van der Waals surface area contributed by atoms with Crippen LogP contribution in [0.5, 0.6) is 0 Å². The van der Waals surface area contributed by atoms with Gasteiger partial charge < -0.3 is 4.57 Å². The number of nitrogens with zero attached hydrogens (tertiary/aromatic N) is 2. The Labute approximate surface area is 129 Å². The van der Waals surface area contributed by atoms with Crippen LogP contribution in [0.3, 0.4) is 0 Å². The van der Waals surface area contributed by atoms with E-state index in [4.69, 9.17) is 11.6 Å². The number of benzene rings is 2. The molecular weight excluding hydrogens is 343 g/mol. The molecule has 102 valence electrons. The zero-order valence-electron chi connectivity index (χ0n) is 10.5. The molecule has 0 N–H and O–H groups in total. The van der Waals surface area contributed by atoms with E-state index < -0.39 is 0 Å². The minimum Gasteiger partial charge on any atom is -0.322 e. The van der Waals surface area contributed by atoms with Gasteiger partial charge in [0, 0.05) is 4.47 Å². The molecule has 0 unspecified atom stereocenters. The number of alkyl halides is 1. The van der Waals surface area contributed by atoms with Gasteiger partial charge in [-0.2, -0.15) is 0 Å². The Bertz CT molecular complexity index is 770. The second kappa shape index (κ2) is 5.54. The maximum absolute atomic E-state index is 13.5. The molecular formula is C15H11BrClFN2. The number of halogens is 3. The first-order valence-electron chi connectivity index (χ1n) is 6.13. The van der Waals surface area contributed by atoms with Crippen molar-refractivity contribution in [3.05, 3.63) is 64.1 Å². The summed E-state index contributed by atoms with van der Waals surface area (Å²) < 4.78 is 16.4. The lowest BCUT2D eigenvalue weighted by Crippen LogP contribution is -2.04. The van der Waals surface area contributed by atoms with Crippen molar-refractivity contribution in [1.29, 1.82) is 0 Å². The van der Waals surface area contributed by atoms with Gasteiger partial charge in [0.05, 0.1) is 23.5 Å². The average molecular weight is 354 g/mol. The molecule has 2 nitrogen and oxygen atoms in total. The van der Waals surface area contributed by atoms with E-state index in [1.54, 1.807) is 6.07 Å². The Morgan fingerprint density at radius 2 is 2.00 bits per heavy atom. The van der Waals surface area contributed by atoms with Crippen LogP contribution >= 0.6 is 27.5 Å². The van der Waals surface area contributed by atoms with Crippen molar-refractivity contribution in [2.75, 3.05) is 0 Å². The lowest BCUT2D eigenvalue weighted by molar-refractivity contribution is 0.628. The number of hydrogen-bond acceptors (Lipinski definition) is 1. The predicted octanol–water partition coefficient (Wildman–Crippen LogP) is 4.73. The van der Waals surface area contributed by atoms with Crippen LogP contribution < -0.4 is 0 Å². The largest absolute Gasteiger partial charge is 0.322 e. The lowest BCUT2D eigenvalue weighted by Gasteiger charge is -2.09. The van der Waals surface area contributed by atoms with Gasteiger partial charge in [0.2, 0.25) is 0 Å². The first-order chi connectivity index (χ1) is 9.69. The minimum absolute atomic E-state index is 0.271. The van der Waals surface area contributed by atoms with Gasteiger partial charge in [-0.15, -0.1) is 11.6 Å². The van der Waals surface area contributed by atoms with Crippen LogP contribution in [0.2, 0.25) is 0 Å². The van der Waals surface area contributed by atoms with E-state index >= 15 is 0 Å². The normalized spacial score (nSPS) is 11.2. The summed E-state index contributed by atoms with van der Waals surface area (Å²) in [6.45, 7) is 0.601. The fourth-order valence-corrected chi connectivity index (χ4v) is 2.84. The maximum atomic E-state index is 13.5. The smallest absolute Gasteiger partial charge is 0.125 e. The molecule has 0 aliphatic heterocycles. The first-order valence-corrected chi connectivity index (χ1v) is 7.46. The third kappa shape index (κ3) is 2.45. The van der Waals surface area contributed by atoms with Crippen LogP contribution in [0.4, 0.5) is 4.39 Å². The van der Waals surface area contributed by atoms with Crippen LogP contribution in [0, 0.1) is 5.82 Å². The van der Waals surface area contributed by atoms with Gasteiger partial charge in [-0.1, -0.05) is 34.1 Å². The standard InChI is InChI=1S/C15H11BrClFN2/c16-12-4-2-1-3-10(12)9-20-14-7-11(18)5-6-13(14)19-15(20)8-17/h1-7H,8-9H2. The molecule has 5 heteroatoms. The van der Waals surface area contributed by atoms with Gasteiger partial charge in [0.25, 0.3) is 0 Å². The van der Waals surface area contributed by atoms with Crippen molar-refractivity contribution in [2.45, 2.75) is 12.4 Å². The van der Waals surface area contributed by atoms with E-state index in [1.807, 2.05) is 28.8 Å². The zero-order valence-corrected chi connectivity index (χ0v) is 12.8. The van der Waals surface area contributed by atoms with Crippen LogP contribution in [-0.2, 0) is 12.4 Å². The molecule has 0 radical (unpaired) electrons. The maximum Gasteiger partial charge on any atom is 0.125 e. The predicted molar refractivity (Wildman–Crippen MR) is 82.5 cm³/mol. The van der Waals surface area contributed by atoms with E-state index in [9.17, 15) is 4.39 Å². The number of imidazole rings is 1. The van der Waals surface area contributed by atoms with Gasteiger partial charge >= 0.3 is 0 Å². The van der Waals surface area contributed by atoms with Crippen LogP contribution in [-0.4, -0.2) is 9.55 Å². The molecule has 0 bridgehead atoms. The highest BCUT2D eigenvalue weighted by atomic mass is 79.9. The fraction of sp³-hybridized carbons (Fsp3) is 0.133. The molecule has 0 spiro atoms. The van der Waals surface area contributed by atoms with Gasteiger partial charge in [-0.3, -0.25) is 0 Å². The highest BCUT2D eigenvalue weighted by Gasteiger charge is 2.12. The van der Waals surface area contributed by atoms with Crippen LogP contribution in [0.25, 0.3) is 11.0 Å². The third-order valence-electron chi connectivity index (χ3n) is 3.20. The Hall–Kier alpha value is -1.39. The summed E-state index contributed by atoms with van der Waals surface area (Å²) in [6.07, 6.45) is 0. The van der Waals surface area contributed by atoms with E-state index in [0.717, 1.165) is 26.9 Å². The highest BCUT2D eigenvalue weighted by Crippen LogP contribution is 2.23. The summed E-state index contributed by atoms with van der Waals surface area (Å²) in [4.78, 5) is 4.45. The molecule has 0 amide bonds. The number of hydrogen-bond donors (Lipinski definition) is 0. The molecule has 2 aromatic carbocycles. The van der Waals surface area contributed by atoms with Crippen molar-refractivity contribution in [1.82, 2.24) is 9.55 Å². The minimum atomic E-state index is -0.271. The summed E-state index contributed by atoms with van der Waals surface area (Å²) >= 11 is 9.49. The fourth-order valence-electron chi connectivity index (χ4n) is 2.22. The summed E-state index contributed by atoms with van der Waals surface area (Å²) in [5, 5.41) is 0. The highest BCUT2D eigenvalue weighted by molar-refractivity contribution is 9.10. The molecule has 0 saturated carbocycles. The SMILES string of the molecule is Fc1ccc2nc(CCl)n(Cc3ccccc3Br)c2c1. The van der Waals surface area contributed by atoms with Crippen LogP contribution in [0.15, 0.2) is 46.9 Å². The first kappa shape index (κ1) is 13.6. The van der Waals surface area contributed by atoms with Gasteiger partial charge in [0.1, 0.15) is 11.6 Å². The summed E-state index contributed by atoms with van der Waals surface area (Å²) in [6, 6.07) is 12.5. The molecule has 0 fully saturated rings. The average Bonchev–Trinajstić information content (AvgIpc) is 2.79. The van der Waals surface area contributed by atoms with Gasteiger partial charge in [0.15, 0.2) is 0 Å². The molecule has 0 atom stereocenters. The van der Waals surface area contributed by atoms with E-state index in [0.29, 0.717) is 12.4 Å². The van der Waals surface area contributed by atoms with Crippen molar-refractivity contribution < 1.29 is 4.39 Å². The monoisotopic (exact) mass is 352 g/mol. The zero-order chi connectivity index (χ0) is 14.1.